The quantitative estimate of drug-likeness (QED) is 0.227. The lowest BCUT2D eigenvalue weighted by Crippen LogP contribution is -2.21. The first-order chi connectivity index (χ1) is 19.1. The smallest absolute Gasteiger partial charge is 0.488 e. The third kappa shape index (κ3) is 4.56. The van der Waals surface area contributed by atoms with E-state index < -0.39 is 10.5 Å². The topological polar surface area (TPSA) is 114 Å². The van der Waals surface area contributed by atoms with Crippen molar-refractivity contribution in [2.75, 3.05) is 6.61 Å². The molecule has 5 aromatic rings. The van der Waals surface area contributed by atoms with E-state index in [0.717, 1.165) is 24.6 Å². The number of hydrogen-bond acceptors (Lipinski definition) is 6. The van der Waals surface area contributed by atoms with Gasteiger partial charge in [0.2, 0.25) is 0 Å². The normalized spacial score (nSPS) is 14.1. The lowest BCUT2D eigenvalue weighted by Gasteiger charge is -2.31. The molecule has 0 atom stereocenters. The molecule has 2 aromatic heterocycles. The Balaban J connectivity index is 1.68. The average molecular weight is 560 g/mol. The van der Waals surface area contributed by atoms with Gasteiger partial charge in [0.25, 0.3) is 0 Å². The molecule has 10 heteroatoms. The van der Waals surface area contributed by atoms with Gasteiger partial charge < -0.3 is 18.5 Å². The monoisotopic (exact) mass is 559 g/mol. The summed E-state index contributed by atoms with van der Waals surface area (Å²) in [6, 6.07) is 17.3. The van der Waals surface area contributed by atoms with Gasteiger partial charge in [0.15, 0.2) is 5.43 Å². The molecule has 3 aromatic carbocycles. The van der Waals surface area contributed by atoms with Gasteiger partial charge in [-0.05, 0) is 67.1 Å². The van der Waals surface area contributed by atoms with E-state index >= 15 is 0 Å². The largest absolute Gasteiger partial charge is 0.493 e. The lowest BCUT2D eigenvalue weighted by molar-refractivity contribution is 0.272. The highest BCUT2D eigenvalue weighted by molar-refractivity contribution is 7.81. The number of nitriles is 1. The van der Waals surface area contributed by atoms with Crippen molar-refractivity contribution in [2.24, 2.45) is 5.92 Å². The van der Waals surface area contributed by atoms with E-state index in [2.05, 4.69) is 19.8 Å². The van der Waals surface area contributed by atoms with Gasteiger partial charge in [0.05, 0.1) is 34.5 Å². The fourth-order valence-corrected chi connectivity index (χ4v) is 5.66. The molecule has 0 spiro atoms. The molecule has 1 aliphatic rings. The number of hydrogen-bond donors (Lipinski definition) is 1. The molecule has 0 unspecified atom stereocenters. The van der Waals surface area contributed by atoms with Gasteiger partial charge in [-0.2, -0.15) is 13.7 Å². The highest BCUT2D eigenvalue weighted by Gasteiger charge is 2.27. The van der Waals surface area contributed by atoms with Crippen LogP contribution in [-0.2, 0) is 10.5 Å². The van der Waals surface area contributed by atoms with Crippen molar-refractivity contribution in [2.45, 2.75) is 39.2 Å². The van der Waals surface area contributed by atoms with Crippen LogP contribution < -0.4 is 14.3 Å². The van der Waals surface area contributed by atoms with Crippen molar-refractivity contribution in [3.63, 3.8) is 0 Å². The minimum Gasteiger partial charge on any atom is -0.493 e. The second-order valence-electron chi connectivity index (χ2n) is 10.6. The van der Waals surface area contributed by atoms with Crippen LogP contribution in [0.4, 0.5) is 3.89 Å². The van der Waals surface area contributed by atoms with Crippen LogP contribution in [0.3, 0.4) is 0 Å². The molecule has 8 nitrogen and oxygen atoms in total. The highest BCUT2D eigenvalue weighted by atomic mass is 32.3. The molecule has 6 rings (SSSR count). The van der Waals surface area contributed by atoms with Crippen LogP contribution >= 0.6 is 0 Å². The minimum atomic E-state index is -5.20. The van der Waals surface area contributed by atoms with E-state index in [1.54, 1.807) is 36.4 Å². The van der Waals surface area contributed by atoms with Crippen LogP contribution in [0.2, 0.25) is 0 Å². The molecule has 0 saturated heterocycles. The SMILES string of the molecule is CC(C)COc1cc2c(=O)c3c4ccc(C#N)cc4[nH]c3n(C3CCC3)c2cc1-c1cccc(OS(=O)(=O)F)c1. The summed E-state index contributed by atoms with van der Waals surface area (Å²) in [4.78, 5) is 17.5. The third-order valence-corrected chi connectivity index (χ3v) is 7.72. The Bertz CT molecular complexity index is 2020. The van der Waals surface area contributed by atoms with E-state index in [1.807, 2.05) is 19.9 Å². The summed E-state index contributed by atoms with van der Waals surface area (Å²) in [7, 11) is -5.20. The summed E-state index contributed by atoms with van der Waals surface area (Å²) in [5.41, 5.74) is 3.60. The second-order valence-corrected chi connectivity index (χ2v) is 11.5. The molecule has 0 bridgehead atoms. The maximum Gasteiger partial charge on any atom is 0.488 e. The number of nitrogens with one attached hydrogen (secondary N) is 1. The van der Waals surface area contributed by atoms with Gasteiger partial charge in [-0.15, -0.1) is 0 Å². The first-order valence-electron chi connectivity index (χ1n) is 13.1. The predicted molar refractivity (Wildman–Crippen MR) is 152 cm³/mol. The van der Waals surface area contributed by atoms with Crippen LogP contribution in [0.25, 0.3) is 44.0 Å². The van der Waals surface area contributed by atoms with Crippen molar-refractivity contribution in [3.05, 3.63) is 70.4 Å². The maximum absolute atomic E-state index is 14.1. The van der Waals surface area contributed by atoms with Gasteiger partial charge in [-0.1, -0.05) is 35.9 Å². The molecule has 204 valence electrons. The summed E-state index contributed by atoms with van der Waals surface area (Å²) in [5, 5.41) is 11.2. The molecular weight excluding hydrogens is 533 g/mol. The number of H-pyrrole nitrogens is 1. The summed E-state index contributed by atoms with van der Waals surface area (Å²) < 4.78 is 48.4. The number of ether oxygens (including phenoxy) is 1. The van der Waals surface area contributed by atoms with E-state index in [0.29, 0.717) is 56.5 Å². The number of benzene rings is 3. The second kappa shape index (κ2) is 9.68. The molecule has 1 aliphatic carbocycles. The van der Waals surface area contributed by atoms with E-state index in [4.69, 9.17) is 4.74 Å². The van der Waals surface area contributed by atoms with Gasteiger partial charge in [0, 0.05) is 22.5 Å². The zero-order chi connectivity index (χ0) is 28.2. The number of nitrogens with zero attached hydrogens (tertiary/aromatic N) is 2. The molecular formula is C30H26FN3O5S. The Morgan fingerprint density at radius 1 is 1.12 bits per heavy atom. The minimum absolute atomic E-state index is 0.155. The number of aromatic amines is 1. The molecule has 0 aliphatic heterocycles. The fraction of sp³-hybridized carbons (Fsp3) is 0.267. The number of pyridine rings is 1. The number of rotatable bonds is 7. The van der Waals surface area contributed by atoms with Crippen molar-refractivity contribution >= 4 is 43.3 Å². The zero-order valence-corrected chi connectivity index (χ0v) is 22.7. The van der Waals surface area contributed by atoms with Crippen LogP contribution in [0.1, 0.15) is 44.7 Å². The molecule has 0 amide bonds. The Morgan fingerprint density at radius 2 is 1.93 bits per heavy atom. The van der Waals surface area contributed by atoms with Crippen molar-refractivity contribution < 1.29 is 21.2 Å². The Hall–Kier alpha value is -4.36. The summed E-state index contributed by atoms with van der Waals surface area (Å²) in [6.07, 6.45) is 2.97. The van der Waals surface area contributed by atoms with E-state index in [1.165, 1.54) is 12.1 Å². The van der Waals surface area contributed by atoms with Crippen LogP contribution in [0, 0.1) is 17.2 Å². The number of halogens is 1. The van der Waals surface area contributed by atoms with Gasteiger partial charge in [0.1, 0.15) is 17.1 Å². The third-order valence-electron chi connectivity index (χ3n) is 7.33. The maximum atomic E-state index is 14.1. The van der Waals surface area contributed by atoms with E-state index in [9.17, 15) is 22.4 Å². The van der Waals surface area contributed by atoms with Crippen LogP contribution in [-0.4, -0.2) is 24.6 Å². The first kappa shape index (κ1) is 25.9. The number of aromatic nitrogens is 2. The molecule has 1 saturated carbocycles. The highest BCUT2D eigenvalue weighted by Crippen LogP contribution is 2.41. The average Bonchev–Trinajstić information content (AvgIpc) is 3.26. The Kier molecular flexibility index (Phi) is 6.27. The predicted octanol–water partition coefficient (Wildman–Crippen LogP) is 6.53. The lowest BCUT2D eigenvalue weighted by atomic mass is 9.91. The van der Waals surface area contributed by atoms with Crippen molar-refractivity contribution in [3.8, 4) is 28.7 Å². The van der Waals surface area contributed by atoms with Gasteiger partial charge in [-0.3, -0.25) is 4.79 Å². The van der Waals surface area contributed by atoms with Crippen molar-refractivity contribution in [1.29, 1.82) is 5.26 Å². The fourth-order valence-electron chi connectivity index (χ4n) is 5.32. The molecule has 1 fully saturated rings. The zero-order valence-electron chi connectivity index (χ0n) is 21.9. The Morgan fingerprint density at radius 3 is 2.60 bits per heavy atom. The molecule has 2 heterocycles. The van der Waals surface area contributed by atoms with Gasteiger partial charge >= 0.3 is 10.5 Å². The first-order valence-corrected chi connectivity index (χ1v) is 14.4. The number of fused-ring (bicyclic) bond motifs is 4. The summed E-state index contributed by atoms with van der Waals surface area (Å²) in [5.74, 6) is 0.474. The summed E-state index contributed by atoms with van der Waals surface area (Å²) in [6.45, 7) is 4.41. The van der Waals surface area contributed by atoms with E-state index in [-0.39, 0.29) is 23.1 Å². The van der Waals surface area contributed by atoms with Gasteiger partial charge in [-0.25, -0.2) is 0 Å². The Labute approximate surface area is 230 Å². The van der Waals surface area contributed by atoms with Crippen LogP contribution in [0.5, 0.6) is 11.5 Å². The molecule has 40 heavy (non-hydrogen) atoms. The molecule has 1 N–H and O–H groups in total. The molecule has 0 radical (unpaired) electrons. The standard InChI is InChI=1S/C30H26FN3O5S/c1-17(2)16-38-27-14-24-26(13-23(27)19-5-3-8-21(12-19)39-40(31,36)37)34(20-6-4-7-20)30-28(29(24)35)22-10-9-18(15-32)11-25(22)33-30/h3,5,8-14,17,20,33H,4,6-7,16H2,1-2H3. The van der Waals surface area contributed by atoms with Crippen molar-refractivity contribution in [1.82, 2.24) is 9.55 Å². The van der Waals surface area contributed by atoms with Crippen LogP contribution in [0.15, 0.2) is 59.4 Å². The summed E-state index contributed by atoms with van der Waals surface area (Å²) >= 11 is 0.